The summed E-state index contributed by atoms with van der Waals surface area (Å²) in [6, 6.07) is 10.2. The lowest BCUT2D eigenvalue weighted by Gasteiger charge is -2.13. The van der Waals surface area contributed by atoms with E-state index in [0.29, 0.717) is 5.92 Å². The molecule has 0 saturated carbocycles. The topological polar surface area (TPSA) is 20.2 Å². The van der Waals surface area contributed by atoms with Gasteiger partial charge in [-0.1, -0.05) is 43.3 Å². The molecular formula is C12H16O. The fraction of sp³-hybridized carbons (Fsp3) is 0.333. The van der Waals surface area contributed by atoms with E-state index in [0.717, 1.165) is 6.42 Å². The Morgan fingerprint density at radius 2 is 2.00 bits per heavy atom. The standard InChI is InChI=1S/C12H16O/c1-3-12(13)9-10(2)11-7-5-4-6-8-11/h3-8,10,12-13H,1,9H2,2H3. The first kappa shape index (κ1) is 10.0. The summed E-state index contributed by atoms with van der Waals surface area (Å²) in [6.07, 6.45) is 1.93. The quantitative estimate of drug-likeness (QED) is 0.699. The molecule has 1 nitrogen and oxygen atoms in total. The second kappa shape index (κ2) is 4.83. The molecule has 2 unspecified atom stereocenters. The fourth-order valence-electron chi connectivity index (χ4n) is 1.38. The SMILES string of the molecule is C=CC(O)CC(C)c1ccccc1. The van der Waals surface area contributed by atoms with Crippen LogP contribution in [-0.4, -0.2) is 11.2 Å². The summed E-state index contributed by atoms with van der Waals surface area (Å²) < 4.78 is 0. The van der Waals surface area contributed by atoms with Crippen molar-refractivity contribution in [3.05, 3.63) is 48.6 Å². The predicted octanol–water partition coefficient (Wildman–Crippen LogP) is 2.73. The third-order valence-electron chi connectivity index (χ3n) is 2.24. The van der Waals surface area contributed by atoms with E-state index in [9.17, 15) is 5.11 Å². The summed E-state index contributed by atoms with van der Waals surface area (Å²) in [5, 5.41) is 9.37. The molecule has 0 aliphatic heterocycles. The smallest absolute Gasteiger partial charge is 0.0724 e. The monoisotopic (exact) mass is 176 g/mol. The van der Waals surface area contributed by atoms with Gasteiger partial charge >= 0.3 is 0 Å². The van der Waals surface area contributed by atoms with Crippen LogP contribution in [0.25, 0.3) is 0 Å². The highest BCUT2D eigenvalue weighted by Gasteiger charge is 2.08. The van der Waals surface area contributed by atoms with Crippen LogP contribution in [0, 0.1) is 0 Å². The molecule has 0 aromatic heterocycles. The van der Waals surface area contributed by atoms with E-state index in [1.807, 2.05) is 18.2 Å². The lowest BCUT2D eigenvalue weighted by Crippen LogP contribution is -2.06. The van der Waals surface area contributed by atoms with Crippen molar-refractivity contribution in [2.45, 2.75) is 25.4 Å². The number of aliphatic hydroxyl groups excluding tert-OH is 1. The van der Waals surface area contributed by atoms with Gasteiger partial charge in [0.1, 0.15) is 0 Å². The number of benzene rings is 1. The lowest BCUT2D eigenvalue weighted by molar-refractivity contribution is 0.204. The summed E-state index contributed by atoms with van der Waals surface area (Å²) in [4.78, 5) is 0. The molecule has 1 heteroatoms. The summed E-state index contributed by atoms with van der Waals surface area (Å²) in [6.45, 7) is 5.67. The van der Waals surface area contributed by atoms with E-state index in [2.05, 4.69) is 25.6 Å². The Balaban J connectivity index is 2.58. The van der Waals surface area contributed by atoms with Crippen molar-refractivity contribution in [3.8, 4) is 0 Å². The van der Waals surface area contributed by atoms with Crippen molar-refractivity contribution < 1.29 is 5.11 Å². The van der Waals surface area contributed by atoms with E-state index in [-0.39, 0.29) is 0 Å². The first-order valence-corrected chi connectivity index (χ1v) is 4.59. The van der Waals surface area contributed by atoms with Gasteiger partial charge in [0.15, 0.2) is 0 Å². The molecule has 13 heavy (non-hydrogen) atoms. The van der Waals surface area contributed by atoms with Gasteiger partial charge in [-0.2, -0.15) is 0 Å². The van der Waals surface area contributed by atoms with Crippen LogP contribution in [0.1, 0.15) is 24.8 Å². The fourth-order valence-corrected chi connectivity index (χ4v) is 1.38. The molecule has 0 amide bonds. The molecule has 1 N–H and O–H groups in total. The Morgan fingerprint density at radius 1 is 1.38 bits per heavy atom. The molecule has 0 aliphatic rings. The second-order valence-corrected chi connectivity index (χ2v) is 3.35. The summed E-state index contributed by atoms with van der Waals surface area (Å²) >= 11 is 0. The van der Waals surface area contributed by atoms with E-state index in [1.54, 1.807) is 6.08 Å². The van der Waals surface area contributed by atoms with Crippen molar-refractivity contribution in [2.24, 2.45) is 0 Å². The second-order valence-electron chi connectivity index (χ2n) is 3.35. The van der Waals surface area contributed by atoms with E-state index < -0.39 is 6.10 Å². The van der Waals surface area contributed by atoms with E-state index in [1.165, 1.54) is 5.56 Å². The largest absolute Gasteiger partial charge is 0.389 e. The molecule has 70 valence electrons. The van der Waals surface area contributed by atoms with Gasteiger partial charge in [-0.3, -0.25) is 0 Å². The number of aliphatic hydroxyl groups is 1. The molecule has 1 aromatic rings. The van der Waals surface area contributed by atoms with Crippen molar-refractivity contribution in [3.63, 3.8) is 0 Å². The van der Waals surface area contributed by atoms with Gasteiger partial charge < -0.3 is 5.11 Å². The third-order valence-corrected chi connectivity index (χ3v) is 2.24. The zero-order chi connectivity index (χ0) is 9.68. The van der Waals surface area contributed by atoms with Gasteiger partial charge in [-0.05, 0) is 17.9 Å². The maximum atomic E-state index is 9.37. The minimum Gasteiger partial charge on any atom is -0.389 e. The molecule has 0 bridgehead atoms. The zero-order valence-corrected chi connectivity index (χ0v) is 7.98. The van der Waals surface area contributed by atoms with Gasteiger partial charge in [0.05, 0.1) is 6.10 Å². The van der Waals surface area contributed by atoms with Gasteiger partial charge in [-0.25, -0.2) is 0 Å². The molecular weight excluding hydrogens is 160 g/mol. The van der Waals surface area contributed by atoms with Crippen LogP contribution in [0.2, 0.25) is 0 Å². The van der Waals surface area contributed by atoms with E-state index in [4.69, 9.17) is 0 Å². The van der Waals surface area contributed by atoms with Crippen LogP contribution in [-0.2, 0) is 0 Å². The van der Waals surface area contributed by atoms with E-state index >= 15 is 0 Å². The highest BCUT2D eigenvalue weighted by Crippen LogP contribution is 2.20. The third kappa shape index (κ3) is 3.03. The van der Waals surface area contributed by atoms with Gasteiger partial charge in [0, 0.05) is 0 Å². The highest BCUT2D eigenvalue weighted by molar-refractivity contribution is 5.18. The summed E-state index contributed by atoms with van der Waals surface area (Å²) in [7, 11) is 0. The molecule has 1 rings (SSSR count). The minimum atomic E-state index is -0.393. The maximum Gasteiger partial charge on any atom is 0.0724 e. The molecule has 0 aliphatic carbocycles. The van der Waals surface area contributed by atoms with Crippen LogP contribution in [0.4, 0.5) is 0 Å². The molecule has 0 spiro atoms. The Kier molecular flexibility index (Phi) is 3.71. The summed E-state index contributed by atoms with van der Waals surface area (Å²) in [5.41, 5.74) is 1.27. The van der Waals surface area contributed by atoms with Crippen LogP contribution in [0.3, 0.4) is 0 Å². The predicted molar refractivity (Wildman–Crippen MR) is 55.7 cm³/mol. The maximum absolute atomic E-state index is 9.37. The minimum absolute atomic E-state index is 0.384. The van der Waals surface area contributed by atoms with Crippen LogP contribution in [0.5, 0.6) is 0 Å². The Morgan fingerprint density at radius 3 is 2.54 bits per heavy atom. The molecule has 0 heterocycles. The molecule has 0 fully saturated rings. The van der Waals surface area contributed by atoms with Gasteiger partial charge in [-0.15, -0.1) is 6.58 Å². The average Bonchev–Trinajstić information content (AvgIpc) is 2.19. The van der Waals surface area contributed by atoms with Crippen molar-refractivity contribution in [2.75, 3.05) is 0 Å². The Labute approximate surface area is 79.7 Å². The first-order valence-electron chi connectivity index (χ1n) is 4.59. The Hall–Kier alpha value is -1.08. The molecule has 1 aromatic carbocycles. The van der Waals surface area contributed by atoms with Crippen molar-refractivity contribution in [1.29, 1.82) is 0 Å². The summed E-state index contributed by atoms with van der Waals surface area (Å²) in [5.74, 6) is 0.384. The van der Waals surface area contributed by atoms with Crippen molar-refractivity contribution in [1.82, 2.24) is 0 Å². The molecule has 0 saturated heterocycles. The van der Waals surface area contributed by atoms with Crippen molar-refractivity contribution >= 4 is 0 Å². The number of rotatable bonds is 4. The van der Waals surface area contributed by atoms with Crippen LogP contribution >= 0.6 is 0 Å². The van der Waals surface area contributed by atoms with Crippen LogP contribution in [0.15, 0.2) is 43.0 Å². The highest BCUT2D eigenvalue weighted by atomic mass is 16.3. The normalized spacial score (nSPS) is 14.9. The number of hydrogen-bond donors (Lipinski definition) is 1. The molecule has 0 radical (unpaired) electrons. The molecule has 2 atom stereocenters. The van der Waals surface area contributed by atoms with Gasteiger partial charge in [0.2, 0.25) is 0 Å². The average molecular weight is 176 g/mol. The number of hydrogen-bond acceptors (Lipinski definition) is 1. The Bertz CT molecular complexity index is 253. The van der Waals surface area contributed by atoms with Gasteiger partial charge in [0.25, 0.3) is 0 Å². The first-order chi connectivity index (χ1) is 6.24. The lowest BCUT2D eigenvalue weighted by atomic mass is 9.95. The zero-order valence-electron chi connectivity index (χ0n) is 7.98. The van der Waals surface area contributed by atoms with Crippen LogP contribution < -0.4 is 0 Å².